The normalized spacial score (nSPS) is 18.0. The van der Waals surface area contributed by atoms with E-state index in [1.165, 1.54) is 11.0 Å². The van der Waals surface area contributed by atoms with E-state index in [0.29, 0.717) is 17.6 Å². The van der Waals surface area contributed by atoms with E-state index >= 15 is 0 Å². The van der Waals surface area contributed by atoms with Crippen molar-refractivity contribution >= 4 is 41.2 Å². The Morgan fingerprint density at radius 3 is 2.21 bits per heavy atom. The first-order valence-corrected chi connectivity index (χ1v) is 12.2. The number of halogens is 4. The van der Waals surface area contributed by atoms with E-state index < -0.39 is 30.1 Å². The van der Waals surface area contributed by atoms with E-state index in [4.69, 9.17) is 9.31 Å². The van der Waals surface area contributed by atoms with Crippen LogP contribution < -0.4 is 10.8 Å². The number of rotatable bonds is 6. The Morgan fingerprint density at radius 1 is 1.09 bits per heavy atom. The highest BCUT2D eigenvalue weighted by Crippen LogP contribution is 2.37. The van der Waals surface area contributed by atoms with Crippen LogP contribution in [0.15, 0.2) is 48.5 Å². The van der Waals surface area contributed by atoms with E-state index in [2.05, 4.69) is 27.9 Å². The quantitative estimate of drug-likeness (QED) is 0.210. The first-order valence-electron chi connectivity index (χ1n) is 11.0. The van der Waals surface area contributed by atoms with Crippen LogP contribution in [0.25, 0.3) is 0 Å². The molecule has 0 saturated carbocycles. The first-order chi connectivity index (χ1) is 15.7. The molecule has 0 spiro atoms. The molecule has 1 fully saturated rings. The third kappa shape index (κ3) is 6.06. The Kier molecular flexibility index (Phi) is 7.94. The van der Waals surface area contributed by atoms with Gasteiger partial charge in [-0.15, -0.1) is 0 Å². The number of hydrogen-bond acceptors (Lipinski definition) is 3. The molecule has 2 aromatic carbocycles. The Morgan fingerprint density at radius 2 is 1.68 bits per heavy atom. The van der Waals surface area contributed by atoms with E-state index in [0.717, 1.165) is 17.7 Å². The van der Waals surface area contributed by atoms with Crippen molar-refractivity contribution in [2.75, 3.05) is 0 Å². The fraction of sp³-hybridized carbons (Fsp3) is 0.458. The predicted octanol–water partition coefficient (Wildman–Crippen LogP) is 5.50. The minimum Gasteiger partial charge on any atom is -0.399 e. The highest BCUT2D eigenvalue weighted by Gasteiger charge is 2.52. The molecule has 184 valence electrons. The Balaban J connectivity index is 1.91. The fourth-order valence-electron chi connectivity index (χ4n) is 3.54. The lowest BCUT2D eigenvalue weighted by molar-refractivity contribution is -0.137. The van der Waals surface area contributed by atoms with Gasteiger partial charge in [0.2, 0.25) is 0 Å². The molecule has 1 aliphatic rings. The molecule has 34 heavy (non-hydrogen) atoms. The Hall–Kier alpha value is -1.79. The van der Waals surface area contributed by atoms with Gasteiger partial charge in [-0.25, -0.2) is 4.79 Å². The van der Waals surface area contributed by atoms with Crippen molar-refractivity contribution in [1.29, 1.82) is 0 Å². The van der Waals surface area contributed by atoms with Gasteiger partial charge in [0.05, 0.1) is 20.8 Å². The molecule has 1 aliphatic heterocycles. The second-order valence-electron chi connectivity index (χ2n) is 9.35. The maximum Gasteiger partial charge on any atom is 0.495 e. The largest absolute Gasteiger partial charge is 0.495 e. The van der Waals surface area contributed by atoms with Gasteiger partial charge in [-0.05, 0) is 57.3 Å². The summed E-state index contributed by atoms with van der Waals surface area (Å²) in [7, 11) is -0.846. The SMILES string of the molecule is CC(I)N(Cc1cc(C(F)(F)F)ccc1B1OC(C)(C)C(C)(C)O1)C(=O)NCc1ccccc1. The lowest BCUT2D eigenvalue weighted by Gasteiger charge is -2.32. The standard InChI is InChI=1S/C24H29BF3IN2O3/c1-16(29)31(21(32)30-14-17-9-7-6-8-10-17)15-18-13-19(24(26,27)28)11-12-20(18)25-33-22(2,3)23(4,5)34-25/h6-13,16H,14-15H2,1-5H3,(H,30,32). The minimum absolute atomic E-state index is 0.0337. The molecule has 1 saturated heterocycles. The molecule has 2 aromatic rings. The van der Waals surface area contributed by atoms with Crippen LogP contribution in [0.5, 0.6) is 0 Å². The molecule has 0 aliphatic carbocycles. The molecule has 1 heterocycles. The van der Waals surface area contributed by atoms with E-state index in [1.807, 2.05) is 65.0 Å². The molecular weight excluding hydrogens is 559 g/mol. The van der Waals surface area contributed by atoms with Crippen LogP contribution in [0.1, 0.15) is 51.3 Å². The molecule has 5 nitrogen and oxygen atoms in total. The average Bonchev–Trinajstić information content (AvgIpc) is 2.96. The van der Waals surface area contributed by atoms with Crippen LogP contribution in [-0.4, -0.2) is 33.3 Å². The maximum absolute atomic E-state index is 13.5. The van der Waals surface area contributed by atoms with Crippen molar-refractivity contribution in [2.24, 2.45) is 0 Å². The van der Waals surface area contributed by atoms with Crippen molar-refractivity contribution in [2.45, 2.75) is 69.1 Å². The van der Waals surface area contributed by atoms with E-state index in [9.17, 15) is 18.0 Å². The fourth-order valence-corrected chi connectivity index (χ4v) is 3.99. The number of benzene rings is 2. The van der Waals surface area contributed by atoms with E-state index in [-0.39, 0.29) is 16.6 Å². The lowest BCUT2D eigenvalue weighted by atomic mass is 9.75. The van der Waals surface area contributed by atoms with Crippen molar-refractivity contribution in [3.8, 4) is 0 Å². The van der Waals surface area contributed by atoms with Crippen molar-refractivity contribution in [3.63, 3.8) is 0 Å². The van der Waals surface area contributed by atoms with Gasteiger partial charge in [-0.1, -0.05) is 65.1 Å². The second kappa shape index (κ2) is 10.1. The number of amides is 2. The van der Waals surface area contributed by atoms with Gasteiger partial charge < -0.3 is 19.5 Å². The molecule has 1 N–H and O–H groups in total. The van der Waals surface area contributed by atoms with Gasteiger partial charge in [0.15, 0.2) is 0 Å². The third-order valence-corrected chi connectivity index (χ3v) is 6.97. The molecule has 0 bridgehead atoms. The van der Waals surface area contributed by atoms with Gasteiger partial charge in [0, 0.05) is 13.1 Å². The molecule has 1 unspecified atom stereocenters. The first kappa shape index (κ1) is 26.8. The summed E-state index contributed by atoms with van der Waals surface area (Å²) in [5, 5.41) is 2.86. The number of carbonyl (C=O) groups excluding carboxylic acids is 1. The number of nitrogens with one attached hydrogen (secondary N) is 1. The van der Waals surface area contributed by atoms with Crippen LogP contribution in [0.2, 0.25) is 0 Å². The summed E-state index contributed by atoms with van der Waals surface area (Å²) in [6, 6.07) is 12.5. The van der Waals surface area contributed by atoms with Gasteiger partial charge in [0.25, 0.3) is 0 Å². The number of alkyl halides is 4. The van der Waals surface area contributed by atoms with Crippen molar-refractivity contribution in [3.05, 3.63) is 65.2 Å². The number of hydrogen-bond donors (Lipinski definition) is 1. The zero-order valence-electron chi connectivity index (χ0n) is 19.9. The summed E-state index contributed by atoms with van der Waals surface area (Å²) in [6.07, 6.45) is -4.51. The monoisotopic (exact) mass is 588 g/mol. The average molecular weight is 588 g/mol. The number of carbonyl (C=O) groups is 1. The van der Waals surface area contributed by atoms with Gasteiger partial charge in [0.1, 0.15) is 0 Å². The molecule has 3 rings (SSSR count). The molecule has 0 radical (unpaired) electrons. The van der Waals surface area contributed by atoms with Gasteiger partial charge in [-0.3, -0.25) is 0 Å². The molecule has 2 amide bonds. The highest BCUT2D eigenvalue weighted by atomic mass is 127. The second-order valence-corrected chi connectivity index (χ2v) is 11.1. The summed E-state index contributed by atoms with van der Waals surface area (Å²) in [5.74, 6) is 0. The predicted molar refractivity (Wildman–Crippen MR) is 135 cm³/mol. The number of nitrogens with zero attached hydrogens (tertiary/aromatic N) is 1. The minimum atomic E-state index is -4.51. The van der Waals surface area contributed by atoms with Crippen LogP contribution >= 0.6 is 22.6 Å². The molecular formula is C24H29BF3IN2O3. The number of urea groups is 1. The van der Waals surface area contributed by atoms with Crippen LogP contribution in [0.3, 0.4) is 0 Å². The van der Waals surface area contributed by atoms with Gasteiger partial charge >= 0.3 is 19.3 Å². The summed E-state index contributed by atoms with van der Waals surface area (Å²) in [6.45, 7) is 9.62. The van der Waals surface area contributed by atoms with Crippen molar-refractivity contribution < 1.29 is 27.3 Å². The molecule has 10 heteroatoms. The Labute approximate surface area is 212 Å². The van der Waals surface area contributed by atoms with Crippen LogP contribution in [0, 0.1) is 0 Å². The maximum atomic E-state index is 13.5. The topological polar surface area (TPSA) is 50.8 Å². The van der Waals surface area contributed by atoms with Crippen LogP contribution in [-0.2, 0) is 28.6 Å². The highest BCUT2D eigenvalue weighted by molar-refractivity contribution is 14.1. The smallest absolute Gasteiger partial charge is 0.399 e. The summed E-state index contributed by atoms with van der Waals surface area (Å²) in [5.41, 5.74) is -0.360. The summed E-state index contributed by atoms with van der Waals surface area (Å²) >= 11 is 2.08. The zero-order chi connectivity index (χ0) is 25.3. The molecule has 0 aromatic heterocycles. The lowest BCUT2D eigenvalue weighted by Crippen LogP contribution is -2.45. The Bertz CT molecular complexity index is 1000. The van der Waals surface area contributed by atoms with Gasteiger partial charge in [-0.2, -0.15) is 13.2 Å². The molecule has 1 atom stereocenters. The third-order valence-electron chi connectivity index (χ3n) is 6.30. The zero-order valence-corrected chi connectivity index (χ0v) is 22.0. The summed E-state index contributed by atoms with van der Waals surface area (Å²) < 4.78 is 52.5. The van der Waals surface area contributed by atoms with Crippen molar-refractivity contribution in [1.82, 2.24) is 10.2 Å². The van der Waals surface area contributed by atoms with Crippen LogP contribution in [0.4, 0.5) is 18.0 Å². The van der Waals surface area contributed by atoms with E-state index in [1.54, 1.807) is 0 Å². The summed E-state index contributed by atoms with van der Waals surface area (Å²) in [4.78, 5) is 14.5.